The van der Waals surface area contributed by atoms with Gasteiger partial charge >= 0.3 is 0 Å². The Kier molecular flexibility index (Phi) is 4.26. The topological polar surface area (TPSA) is 105 Å². The van der Waals surface area contributed by atoms with Gasteiger partial charge in [-0.05, 0) is 25.8 Å². The second kappa shape index (κ2) is 6.49. The van der Waals surface area contributed by atoms with E-state index < -0.39 is 6.10 Å². The summed E-state index contributed by atoms with van der Waals surface area (Å²) < 4.78 is 3.42. The molecule has 4 rings (SSSR count). The van der Waals surface area contributed by atoms with Crippen LogP contribution in [0.3, 0.4) is 0 Å². The number of aliphatic hydroxyl groups is 1. The molecule has 2 N–H and O–H groups in total. The number of nitrogens with one attached hydrogen (secondary N) is 1. The molecule has 144 valence electrons. The highest BCUT2D eigenvalue weighted by Crippen LogP contribution is 2.34. The molecule has 1 atom stereocenters. The number of fused-ring (bicyclic) bond motifs is 1. The van der Waals surface area contributed by atoms with Gasteiger partial charge in [0.15, 0.2) is 5.65 Å². The highest BCUT2D eigenvalue weighted by molar-refractivity contribution is 5.74. The molecular formula is C18H25N7O2. The van der Waals surface area contributed by atoms with E-state index in [-0.39, 0.29) is 11.0 Å². The fourth-order valence-electron chi connectivity index (χ4n) is 3.69. The Labute approximate surface area is 156 Å². The van der Waals surface area contributed by atoms with Gasteiger partial charge in [0.2, 0.25) is 5.95 Å². The maximum Gasteiger partial charge on any atom is 0.263 e. The lowest BCUT2D eigenvalue weighted by Crippen LogP contribution is -2.42. The summed E-state index contributed by atoms with van der Waals surface area (Å²) in [7, 11) is 1.79. The fourth-order valence-corrected chi connectivity index (χ4v) is 3.69. The lowest BCUT2D eigenvalue weighted by atomic mass is 9.78. The maximum atomic E-state index is 12.3. The minimum atomic E-state index is -0.419. The van der Waals surface area contributed by atoms with Crippen molar-refractivity contribution in [3.8, 4) is 0 Å². The predicted octanol–water partition coefficient (Wildman–Crippen LogP) is 0.792. The van der Waals surface area contributed by atoms with Crippen molar-refractivity contribution in [3.63, 3.8) is 0 Å². The highest BCUT2D eigenvalue weighted by Gasteiger charge is 2.34. The van der Waals surface area contributed by atoms with Gasteiger partial charge in [0.25, 0.3) is 5.56 Å². The predicted molar refractivity (Wildman–Crippen MR) is 102 cm³/mol. The Balaban J connectivity index is 1.52. The standard InChI is InChI=1S/C18H25N7O2/c1-12(26)11-25-7-4-14(22-25)18(2)5-8-24(9-6-18)17-20-15-13(16(27)21-17)10-19-23(15)3/h4,7,10,12,26H,5-6,8-9,11H2,1-3H3,(H,20,21,27). The molecule has 1 aliphatic heterocycles. The highest BCUT2D eigenvalue weighted by atomic mass is 16.3. The van der Waals surface area contributed by atoms with Gasteiger partial charge in [-0.15, -0.1) is 0 Å². The van der Waals surface area contributed by atoms with E-state index in [1.165, 1.54) is 0 Å². The Bertz CT molecular complexity index is 1010. The fraction of sp³-hybridized carbons (Fsp3) is 0.556. The van der Waals surface area contributed by atoms with Crippen LogP contribution < -0.4 is 10.5 Å². The normalized spacial score (nSPS) is 18.1. The molecule has 27 heavy (non-hydrogen) atoms. The number of anilines is 1. The largest absolute Gasteiger partial charge is 0.391 e. The van der Waals surface area contributed by atoms with E-state index >= 15 is 0 Å². The van der Waals surface area contributed by atoms with Gasteiger partial charge in [0, 0.05) is 31.7 Å². The summed E-state index contributed by atoms with van der Waals surface area (Å²) in [6.45, 7) is 6.05. The van der Waals surface area contributed by atoms with E-state index in [1.54, 1.807) is 29.5 Å². The zero-order valence-corrected chi connectivity index (χ0v) is 15.9. The van der Waals surface area contributed by atoms with Crippen LogP contribution in [0.25, 0.3) is 11.0 Å². The minimum absolute atomic E-state index is 0.0304. The number of aromatic amines is 1. The number of nitrogens with zero attached hydrogens (tertiary/aromatic N) is 6. The van der Waals surface area contributed by atoms with Crippen LogP contribution >= 0.6 is 0 Å². The summed E-state index contributed by atoms with van der Waals surface area (Å²) in [5, 5.41) is 18.8. The van der Waals surface area contributed by atoms with Gasteiger partial charge in [-0.3, -0.25) is 19.1 Å². The van der Waals surface area contributed by atoms with Crippen molar-refractivity contribution < 1.29 is 5.11 Å². The number of aliphatic hydroxyl groups excluding tert-OH is 1. The Morgan fingerprint density at radius 3 is 2.81 bits per heavy atom. The smallest absolute Gasteiger partial charge is 0.263 e. The summed E-state index contributed by atoms with van der Waals surface area (Å²) in [6, 6.07) is 2.04. The molecule has 0 spiro atoms. The lowest BCUT2D eigenvalue weighted by molar-refractivity contribution is 0.167. The molecule has 1 unspecified atom stereocenters. The molecule has 1 fully saturated rings. The second-order valence-corrected chi connectivity index (χ2v) is 7.71. The van der Waals surface area contributed by atoms with Crippen molar-refractivity contribution in [1.82, 2.24) is 29.5 Å². The zero-order valence-electron chi connectivity index (χ0n) is 15.9. The minimum Gasteiger partial charge on any atom is -0.391 e. The monoisotopic (exact) mass is 371 g/mol. The summed E-state index contributed by atoms with van der Waals surface area (Å²) in [4.78, 5) is 21.9. The molecule has 0 amide bonds. The molecule has 9 heteroatoms. The quantitative estimate of drug-likeness (QED) is 0.703. The van der Waals surface area contributed by atoms with Gasteiger partial charge in [-0.1, -0.05) is 6.92 Å². The maximum absolute atomic E-state index is 12.3. The van der Waals surface area contributed by atoms with Crippen LogP contribution in [0, 0.1) is 0 Å². The first-order valence-electron chi connectivity index (χ1n) is 9.25. The summed E-state index contributed by atoms with van der Waals surface area (Å²) in [5.41, 5.74) is 1.45. The number of aryl methyl sites for hydroxylation is 1. The number of aromatic nitrogens is 6. The van der Waals surface area contributed by atoms with E-state index in [2.05, 4.69) is 32.0 Å². The summed E-state index contributed by atoms with van der Waals surface area (Å²) in [5.74, 6) is 0.595. The molecule has 9 nitrogen and oxygen atoms in total. The zero-order chi connectivity index (χ0) is 19.2. The van der Waals surface area contributed by atoms with Crippen LogP contribution in [0.2, 0.25) is 0 Å². The van der Waals surface area contributed by atoms with Crippen molar-refractivity contribution in [3.05, 3.63) is 34.5 Å². The molecular weight excluding hydrogens is 346 g/mol. The van der Waals surface area contributed by atoms with Crippen LogP contribution in [0.5, 0.6) is 0 Å². The number of hydrogen-bond donors (Lipinski definition) is 2. The van der Waals surface area contributed by atoms with E-state index in [0.29, 0.717) is 23.5 Å². The van der Waals surface area contributed by atoms with E-state index in [1.807, 2.05) is 12.3 Å². The molecule has 0 radical (unpaired) electrons. The van der Waals surface area contributed by atoms with Gasteiger partial charge in [0.05, 0.1) is 24.5 Å². The number of hydrogen-bond acceptors (Lipinski definition) is 6. The van der Waals surface area contributed by atoms with Crippen LogP contribution in [0.4, 0.5) is 5.95 Å². The first-order valence-corrected chi connectivity index (χ1v) is 9.25. The van der Waals surface area contributed by atoms with Crippen LogP contribution in [0.1, 0.15) is 32.4 Å². The van der Waals surface area contributed by atoms with Crippen molar-refractivity contribution in [2.75, 3.05) is 18.0 Å². The Morgan fingerprint density at radius 2 is 2.11 bits per heavy atom. The van der Waals surface area contributed by atoms with Gasteiger partial charge in [-0.25, -0.2) is 0 Å². The average molecular weight is 371 g/mol. The Hall–Kier alpha value is -2.68. The number of H-pyrrole nitrogens is 1. The molecule has 1 aliphatic rings. The third-order valence-electron chi connectivity index (χ3n) is 5.47. The number of piperidine rings is 1. The van der Waals surface area contributed by atoms with Crippen molar-refractivity contribution in [1.29, 1.82) is 0 Å². The van der Waals surface area contributed by atoms with E-state index in [4.69, 9.17) is 0 Å². The lowest BCUT2D eigenvalue weighted by Gasteiger charge is -2.38. The molecule has 3 aromatic heterocycles. The van der Waals surface area contributed by atoms with Crippen molar-refractivity contribution in [2.45, 2.75) is 44.8 Å². The summed E-state index contributed by atoms with van der Waals surface area (Å²) in [6.07, 6.45) is 4.87. The first-order chi connectivity index (χ1) is 12.9. The molecule has 0 saturated carbocycles. The molecule has 3 aromatic rings. The molecule has 4 heterocycles. The summed E-state index contributed by atoms with van der Waals surface area (Å²) >= 11 is 0. The molecule has 0 aliphatic carbocycles. The van der Waals surface area contributed by atoms with Crippen LogP contribution in [0.15, 0.2) is 23.3 Å². The van der Waals surface area contributed by atoms with Crippen LogP contribution in [-0.4, -0.2) is 53.8 Å². The van der Waals surface area contributed by atoms with Gasteiger partial charge < -0.3 is 10.0 Å². The molecule has 0 aromatic carbocycles. The third-order valence-corrected chi connectivity index (χ3v) is 5.47. The SMILES string of the molecule is CC(O)Cn1ccc(C2(C)CCN(c3nc4c(cnn4C)c(=O)[nH]3)CC2)n1. The van der Waals surface area contributed by atoms with Gasteiger partial charge in [0.1, 0.15) is 5.39 Å². The second-order valence-electron chi connectivity index (χ2n) is 7.71. The molecule has 0 bridgehead atoms. The Morgan fingerprint density at radius 1 is 1.37 bits per heavy atom. The van der Waals surface area contributed by atoms with Crippen LogP contribution in [-0.2, 0) is 19.0 Å². The number of rotatable bonds is 4. The van der Waals surface area contributed by atoms with E-state index in [0.717, 1.165) is 31.6 Å². The van der Waals surface area contributed by atoms with Gasteiger partial charge in [-0.2, -0.15) is 15.2 Å². The molecule has 1 saturated heterocycles. The van der Waals surface area contributed by atoms with Crippen molar-refractivity contribution >= 4 is 17.0 Å². The first kappa shape index (κ1) is 17.7. The average Bonchev–Trinajstić information content (AvgIpc) is 3.23. The van der Waals surface area contributed by atoms with Crippen molar-refractivity contribution in [2.24, 2.45) is 7.05 Å². The van der Waals surface area contributed by atoms with E-state index in [9.17, 15) is 9.90 Å². The third kappa shape index (κ3) is 3.23.